The zero-order valence-corrected chi connectivity index (χ0v) is 15.8. The third kappa shape index (κ3) is 3.63. The van der Waals surface area contributed by atoms with Crippen LogP contribution in [-0.2, 0) is 0 Å². The van der Waals surface area contributed by atoms with Crippen LogP contribution in [0, 0.1) is 5.82 Å². The van der Waals surface area contributed by atoms with Gasteiger partial charge in [0.2, 0.25) is 5.95 Å². The third-order valence-electron chi connectivity index (χ3n) is 4.50. The Morgan fingerprint density at radius 1 is 1.29 bits per heavy atom. The third-order valence-corrected chi connectivity index (χ3v) is 4.70. The Morgan fingerprint density at radius 3 is 2.89 bits per heavy atom. The molecule has 1 atom stereocenters. The van der Waals surface area contributed by atoms with Crippen molar-refractivity contribution >= 4 is 34.9 Å². The summed E-state index contributed by atoms with van der Waals surface area (Å²) in [5, 5.41) is 6.40. The average molecular weight is 401 g/mol. The summed E-state index contributed by atoms with van der Waals surface area (Å²) in [6, 6.07) is 7.81. The Kier molecular flexibility index (Phi) is 4.87. The van der Waals surface area contributed by atoms with E-state index in [-0.39, 0.29) is 22.8 Å². The number of nitrogens with zero attached hydrogens (tertiary/aromatic N) is 3. The molecule has 0 bridgehead atoms. The van der Waals surface area contributed by atoms with Crippen molar-refractivity contribution in [1.82, 2.24) is 15.0 Å². The highest BCUT2D eigenvalue weighted by molar-refractivity contribution is 6.29. The van der Waals surface area contributed by atoms with Crippen LogP contribution in [0.25, 0.3) is 0 Å². The predicted octanol–water partition coefficient (Wildman–Crippen LogP) is 4.70. The minimum absolute atomic E-state index is 0.0288. The molecular formula is C19H18ClFN6O. The van der Waals surface area contributed by atoms with Gasteiger partial charge in [-0.15, -0.1) is 0 Å². The molecule has 9 heteroatoms. The molecule has 1 aromatic carbocycles. The molecule has 1 unspecified atom stereocenters. The van der Waals surface area contributed by atoms with E-state index in [1.165, 1.54) is 12.1 Å². The van der Waals surface area contributed by atoms with E-state index in [0.29, 0.717) is 17.3 Å². The minimum Gasteiger partial charge on any atom is -0.454 e. The van der Waals surface area contributed by atoms with Crippen LogP contribution in [0.4, 0.5) is 27.7 Å². The number of pyridine rings is 1. The summed E-state index contributed by atoms with van der Waals surface area (Å²) in [7, 11) is 0. The van der Waals surface area contributed by atoms with Crippen molar-refractivity contribution in [3.8, 4) is 11.5 Å². The van der Waals surface area contributed by atoms with Crippen molar-refractivity contribution in [1.29, 1.82) is 0 Å². The van der Waals surface area contributed by atoms with Crippen LogP contribution in [0.15, 0.2) is 36.5 Å². The van der Waals surface area contributed by atoms with Gasteiger partial charge < -0.3 is 21.1 Å². The second-order valence-electron chi connectivity index (χ2n) is 6.36. The average Bonchev–Trinajstić information content (AvgIpc) is 3.07. The zero-order chi connectivity index (χ0) is 19.7. The number of nitrogens with two attached hydrogens (primary N) is 1. The molecule has 4 rings (SSSR count). The summed E-state index contributed by atoms with van der Waals surface area (Å²) in [4.78, 5) is 12.1. The normalized spacial score (nSPS) is 15.0. The topological polar surface area (TPSA) is 98.0 Å². The molecule has 0 saturated heterocycles. The number of fused-ring (bicyclic) bond motifs is 1. The Labute approximate surface area is 166 Å². The molecule has 0 radical (unpaired) electrons. The maximum atomic E-state index is 14.6. The van der Waals surface area contributed by atoms with Crippen LogP contribution in [-0.4, -0.2) is 21.5 Å². The Balaban J connectivity index is 1.57. The quantitative estimate of drug-likeness (QED) is 0.534. The van der Waals surface area contributed by atoms with Crippen molar-refractivity contribution in [3.05, 3.63) is 53.1 Å². The number of ether oxygens (including phenoxy) is 1. The number of rotatable bonds is 5. The van der Waals surface area contributed by atoms with Crippen LogP contribution in [0.1, 0.15) is 24.8 Å². The van der Waals surface area contributed by atoms with E-state index in [0.717, 1.165) is 24.3 Å². The zero-order valence-electron chi connectivity index (χ0n) is 15.0. The fourth-order valence-corrected chi connectivity index (χ4v) is 3.37. The molecule has 28 heavy (non-hydrogen) atoms. The van der Waals surface area contributed by atoms with Gasteiger partial charge in [0, 0.05) is 42.0 Å². The number of benzene rings is 1. The molecule has 7 nitrogen and oxygen atoms in total. The molecule has 2 aromatic heterocycles. The molecule has 144 valence electrons. The summed E-state index contributed by atoms with van der Waals surface area (Å²) in [6.45, 7) is 2.90. The predicted molar refractivity (Wildman–Crippen MR) is 107 cm³/mol. The minimum atomic E-state index is -0.511. The van der Waals surface area contributed by atoms with E-state index < -0.39 is 5.82 Å². The van der Waals surface area contributed by atoms with E-state index >= 15 is 0 Å². The van der Waals surface area contributed by atoms with Crippen LogP contribution in [0.5, 0.6) is 11.5 Å². The summed E-state index contributed by atoms with van der Waals surface area (Å²) < 4.78 is 20.5. The summed E-state index contributed by atoms with van der Waals surface area (Å²) in [6.07, 6.45) is 2.59. The van der Waals surface area contributed by atoms with E-state index in [2.05, 4.69) is 32.5 Å². The van der Waals surface area contributed by atoms with E-state index in [1.54, 1.807) is 24.4 Å². The lowest BCUT2D eigenvalue weighted by atomic mass is 10.00. The van der Waals surface area contributed by atoms with Gasteiger partial charge in [-0.1, -0.05) is 18.5 Å². The van der Waals surface area contributed by atoms with Gasteiger partial charge in [-0.2, -0.15) is 4.98 Å². The SMILES string of the molecule is CCC1CNc2nccc(Oc3ccc(Nc4cc(Cl)nc(N)n4)cc3F)c21. The van der Waals surface area contributed by atoms with Gasteiger partial charge in [-0.3, -0.25) is 0 Å². The lowest BCUT2D eigenvalue weighted by Gasteiger charge is -2.14. The largest absolute Gasteiger partial charge is 0.454 e. The van der Waals surface area contributed by atoms with Crippen LogP contribution in [0.3, 0.4) is 0 Å². The monoisotopic (exact) mass is 400 g/mol. The number of halogens is 2. The lowest BCUT2D eigenvalue weighted by molar-refractivity contribution is 0.435. The molecule has 1 aliphatic rings. The van der Waals surface area contributed by atoms with Crippen molar-refractivity contribution in [2.45, 2.75) is 19.3 Å². The van der Waals surface area contributed by atoms with Crippen LogP contribution in [0.2, 0.25) is 5.15 Å². The smallest absolute Gasteiger partial charge is 0.223 e. The number of nitrogen functional groups attached to an aromatic ring is 1. The number of nitrogens with one attached hydrogen (secondary N) is 2. The molecule has 1 aliphatic heterocycles. The standard InChI is InChI=1S/C19H18ClFN6O/c1-2-10-9-24-18-17(10)14(5-6-23-18)28-13-4-3-11(7-12(13)21)25-16-8-15(20)26-19(22)27-16/h3-8,10H,2,9H2,1H3,(H,23,24)(H3,22,25,26,27). The summed E-state index contributed by atoms with van der Waals surface area (Å²) in [5.41, 5.74) is 7.03. The Morgan fingerprint density at radius 2 is 2.14 bits per heavy atom. The molecule has 0 fully saturated rings. The first-order valence-electron chi connectivity index (χ1n) is 8.80. The van der Waals surface area contributed by atoms with Gasteiger partial charge in [0.25, 0.3) is 0 Å². The Hall–Kier alpha value is -3.13. The fraction of sp³-hybridized carbons (Fsp3) is 0.211. The second-order valence-corrected chi connectivity index (χ2v) is 6.75. The second kappa shape index (κ2) is 7.47. The van der Waals surface area contributed by atoms with Gasteiger partial charge in [-0.25, -0.2) is 14.4 Å². The highest BCUT2D eigenvalue weighted by Gasteiger charge is 2.26. The molecule has 3 aromatic rings. The first-order chi connectivity index (χ1) is 13.5. The fourth-order valence-electron chi connectivity index (χ4n) is 3.18. The highest BCUT2D eigenvalue weighted by Crippen LogP contribution is 2.41. The molecule has 0 amide bonds. The van der Waals surface area contributed by atoms with Crippen molar-refractivity contribution < 1.29 is 9.13 Å². The van der Waals surface area contributed by atoms with Crippen molar-refractivity contribution in [2.75, 3.05) is 22.9 Å². The van der Waals surface area contributed by atoms with Crippen LogP contribution >= 0.6 is 11.6 Å². The summed E-state index contributed by atoms with van der Waals surface area (Å²) in [5.74, 6) is 1.70. The highest BCUT2D eigenvalue weighted by atomic mass is 35.5. The van der Waals surface area contributed by atoms with Gasteiger partial charge >= 0.3 is 0 Å². The molecular weight excluding hydrogens is 383 g/mol. The maximum absolute atomic E-state index is 14.6. The molecule has 3 heterocycles. The van der Waals surface area contributed by atoms with Crippen molar-refractivity contribution in [2.24, 2.45) is 0 Å². The van der Waals surface area contributed by atoms with Crippen molar-refractivity contribution in [3.63, 3.8) is 0 Å². The van der Waals surface area contributed by atoms with Gasteiger partial charge in [0.1, 0.15) is 22.5 Å². The van der Waals surface area contributed by atoms with E-state index in [4.69, 9.17) is 22.1 Å². The molecule has 0 aliphatic carbocycles. The maximum Gasteiger partial charge on any atom is 0.223 e. The van der Waals surface area contributed by atoms with E-state index in [9.17, 15) is 4.39 Å². The number of hydrogen-bond acceptors (Lipinski definition) is 7. The number of hydrogen-bond donors (Lipinski definition) is 3. The Bertz CT molecular complexity index is 1010. The summed E-state index contributed by atoms with van der Waals surface area (Å²) >= 11 is 5.86. The first kappa shape index (κ1) is 18.2. The van der Waals surface area contributed by atoms with Gasteiger partial charge in [0.05, 0.1) is 0 Å². The van der Waals surface area contributed by atoms with Gasteiger partial charge in [-0.05, 0) is 24.6 Å². The molecule has 4 N–H and O–H groups in total. The number of aromatic nitrogens is 3. The number of anilines is 4. The molecule has 0 saturated carbocycles. The molecule has 0 spiro atoms. The lowest BCUT2D eigenvalue weighted by Crippen LogP contribution is -2.01. The van der Waals surface area contributed by atoms with Gasteiger partial charge in [0.15, 0.2) is 11.6 Å². The first-order valence-corrected chi connectivity index (χ1v) is 9.18. The van der Waals surface area contributed by atoms with Crippen LogP contribution < -0.4 is 21.1 Å². The van der Waals surface area contributed by atoms with E-state index in [1.807, 2.05) is 0 Å².